The largest absolute Gasteiger partial charge is 0.372 e. The fraction of sp³-hybridized carbons (Fsp3) is 0.318. The molecule has 2 aliphatic rings. The molecule has 1 N–H and O–H groups in total. The van der Waals surface area contributed by atoms with Gasteiger partial charge in [-0.25, -0.2) is 4.98 Å². The minimum absolute atomic E-state index is 0.0108. The maximum atomic E-state index is 12.7. The first-order chi connectivity index (χ1) is 14.2. The van der Waals surface area contributed by atoms with Crippen LogP contribution in [0.4, 0.5) is 16.5 Å². The van der Waals surface area contributed by atoms with E-state index in [0.717, 1.165) is 29.0 Å². The first-order valence-electron chi connectivity index (χ1n) is 9.99. The number of rotatable bonds is 4. The van der Waals surface area contributed by atoms with E-state index >= 15 is 0 Å². The molecule has 148 valence electrons. The quantitative estimate of drug-likeness (QED) is 0.714. The van der Waals surface area contributed by atoms with Gasteiger partial charge in [0.05, 0.1) is 16.1 Å². The van der Waals surface area contributed by atoms with Gasteiger partial charge in [0.25, 0.3) is 0 Å². The van der Waals surface area contributed by atoms with Gasteiger partial charge in [-0.2, -0.15) is 0 Å². The van der Waals surface area contributed by atoms with Gasteiger partial charge >= 0.3 is 0 Å². The molecule has 2 aromatic carbocycles. The van der Waals surface area contributed by atoms with E-state index in [1.807, 2.05) is 36.4 Å². The van der Waals surface area contributed by atoms with Gasteiger partial charge in [-0.1, -0.05) is 23.5 Å². The highest BCUT2D eigenvalue weighted by Gasteiger charge is 2.35. The predicted molar refractivity (Wildman–Crippen MR) is 117 cm³/mol. The molecule has 0 bridgehead atoms. The molecule has 1 unspecified atom stereocenters. The molecule has 0 saturated carbocycles. The van der Waals surface area contributed by atoms with E-state index in [1.165, 1.54) is 29.9 Å². The lowest BCUT2D eigenvalue weighted by atomic mass is 10.1. The summed E-state index contributed by atoms with van der Waals surface area (Å²) in [5, 5.41) is 3.48. The second-order valence-electron chi connectivity index (χ2n) is 7.59. The number of carbonyl (C=O) groups is 2. The average Bonchev–Trinajstić information content (AvgIpc) is 3.47. The van der Waals surface area contributed by atoms with E-state index in [2.05, 4.69) is 27.3 Å². The number of carbonyl (C=O) groups excluding carboxylic acids is 2. The Labute approximate surface area is 173 Å². The highest BCUT2D eigenvalue weighted by Crippen LogP contribution is 2.30. The van der Waals surface area contributed by atoms with Crippen LogP contribution in [0.25, 0.3) is 10.2 Å². The number of hydrogen-bond acceptors (Lipinski definition) is 5. The molecule has 1 atom stereocenters. The van der Waals surface area contributed by atoms with Crippen LogP contribution in [-0.4, -0.2) is 36.4 Å². The summed E-state index contributed by atoms with van der Waals surface area (Å²) >= 11 is 1.45. The Morgan fingerprint density at radius 2 is 1.76 bits per heavy atom. The van der Waals surface area contributed by atoms with Gasteiger partial charge < -0.3 is 15.1 Å². The van der Waals surface area contributed by atoms with Crippen LogP contribution in [0.5, 0.6) is 0 Å². The summed E-state index contributed by atoms with van der Waals surface area (Å²) in [7, 11) is 0. The number of amides is 2. The maximum absolute atomic E-state index is 12.7. The molecule has 2 aliphatic heterocycles. The van der Waals surface area contributed by atoms with Crippen LogP contribution < -0.4 is 15.1 Å². The minimum atomic E-state index is -0.368. The lowest BCUT2D eigenvalue weighted by Crippen LogP contribution is -2.28. The number of anilines is 3. The second kappa shape index (κ2) is 7.48. The van der Waals surface area contributed by atoms with Crippen molar-refractivity contribution in [2.75, 3.05) is 34.8 Å². The number of fused-ring (bicyclic) bond motifs is 1. The molecule has 0 spiro atoms. The molecule has 0 aliphatic carbocycles. The summed E-state index contributed by atoms with van der Waals surface area (Å²) in [6.07, 6.45) is 2.69. The van der Waals surface area contributed by atoms with Gasteiger partial charge in [0.2, 0.25) is 11.8 Å². The summed E-state index contributed by atoms with van der Waals surface area (Å²) < 4.78 is 1.03. The van der Waals surface area contributed by atoms with Gasteiger partial charge in [-0.15, -0.1) is 0 Å². The normalized spacial score (nSPS) is 19.3. The van der Waals surface area contributed by atoms with Gasteiger partial charge in [-0.3, -0.25) is 9.59 Å². The van der Waals surface area contributed by atoms with E-state index in [1.54, 1.807) is 4.90 Å². The zero-order valence-electron chi connectivity index (χ0n) is 16.0. The Hall–Kier alpha value is -2.93. The van der Waals surface area contributed by atoms with E-state index in [-0.39, 0.29) is 24.2 Å². The number of hydrogen-bond donors (Lipinski definition) is 1. The van der Waals surface area contributed by atoms with Crippen molar-refractivity contribution in [1.29, 1.82) is 0 Å². The van der Waals surface area contributed by atoms with E-state index in [0.29, 0.717) is 11.7 Å². The van der Waals surface area contributed by atoms with Crippen molar-refractivity contribution in [3.8, 4) is 0 Å². The zero-order valence-corrected chi connectivity index (χ0v) is 16.8. The van der Waals surface area contributed by atoms with Crippen molar-refractivity contribution in [2.24, 2.45) is 5.92 Å². The minimum Gasteiger partial charge on any atom is -0.372 e. The van der Waals surface area contributed by atoms with E-state index < -0.39 is 0 Å². The monoisotopic (exact) mass is 406 g/mol. The van der Waals surface area contributed by atoms with E-state index in [9.17, 15) is 9.59 Å². The maximum Gasteiger partial charge on any atom is 0.231 e. The second-order valence-corrected chi connectivity index (χ2v) is 8.62. The van der Waals surface area contributed by atoms with Crippen molar-refractivity contribution in [1.82, 2.24) is 4.98 Å². The van der Waals surface area contributed by atoms with Gasteiger partial charge in [-0.05, 0) is 49.2 Å². The average molecular weight is 407 g/mol. The molecular weight excluding hydrogens is 384 g/mol. The van der Waals surface area contributed by atoms with Crippen LogP contribution >= 0.6 is 11.3 Å². The first-order valence-corrected chi connectivity index (χ1v) is 10.8. The lowest BCUT2D eigenvalue weighted by molar-refractivity contribution is -0.122. The molecule has 1 aromatic heterocycles. The van der Waals surface area contributed by atoms with Crippen LogP contribution in [-0.2, 0) is 9.59 Å². The number of nitrogens with zero attached hydrogens (tertiary/aromatic N) is 3. The molecule has 5 rings (SSSR count). The third-order valence-corrected chi connectivity index (χ3v) is 6.60. The van der Waals surface area contributed by atoms with Crippen LogP contribution in [0.3, 0.4) is 0 Å². The predicted octanol–water partition coefficient (Wildman–Crippen LogP) is 3.89. The Morgan fingerprint density at radius 3 is 2.52 bits per heavy atom. The molecule has 2 fully saturated rings. The van der Waals surface area contributed by atoms with Crippen LogP contribution in [0.15, 0.2) is 48.5 Å². The molecular formula is C22H22N4O2S. The van der Waals surface area contributed by atoms with Crippen LogP contribution in [0, 0.1) is 5.92 Å². The molecule has 0 radical (unpaired) electrons. The third kappa shape index (κ3) is 3.58. The van der Waals surface area contributed by atoms with Gasteiger partial charge in [0.15, 0.2) is 5.13 Å². The Morgan fingerprint density at radius 1 is 1.03 bits per heavy atom. The number of benzene rings is 2. The summed E-state index contributed by atoms with van der Waals surface area (Å²) in [4.78, 5) is 33.8. The summed E-state index contributed by atoms with van der Waals surface area (Å²) in [6, 6.07) is 15.9. The smallest absolute Gasteiger partial charge is 0.231 e. The molecule has 2 saturated heterocycles. The van der Waals surface area contributed by atoms with Gasteiger partial charge in [0.1, 0.15) is 0 Å². The number of nitrogens with one attached hydrogen (secondary N) is 1. The molecule has 6 nitrogen and oxygen atoms in total. The number of aromatic nitrogens is 1. The topological polar surface area (TPSA) is 65.5 Å². The number of para-hydroxylation sites is 1. The molecule has 2 amide bonds. The first kappa shape index (κ1) is 18.1. The fourth-order valence-corrected chi connectivity index (χ4v) is 4.95. The summed E-state index contributed by atoms with van der Waals surface area (Å²) in [5.74, 6) is -0.523. The highest BCUT2D eigenvalue weighted by molar-refractivity contribution is 7.22. The fourth-order valence-electron chi connectivity index (χ4n) is 4.08. The van der Waals surface area contributed by atoms with Crippen molar-refractivity contribution in [3.63, 3.8) is 0 Å². The van der Waals surface area contributed by atoms with Crippen molar-refractivity contribution in [3.05, 3.63) is 48.5 Å². The summed E-state index contributed by atoms with van der Waals surface area (Å²) in [5.41, 5.74) is 2.92. The SMILES string of the molecule is O=C(Nc1nc2ccccc2s1)C1CC(=O)N(c2ccc(N3CCCC3)cc2)C1. The van der Waals surface area contributed by atoms with Crippen LogP contribution in [0.2, 0.25) is 0 Å². The number of thiazole rings is 1. The van der Waals surface area contributed by atoms with Crippen molar-refractivity contribution < 1.29 is 9.59 Å². The third-order valence-electron chi connectivity index (χ3n) is 5.65. The zero-order chi connectivity index (χ0) is 19.8. The molecule has 29 heavy (non-hydrogen) atoms. The Balaban J connectivity index is 1.26. The Bertz CT molecular complexity index is 1020. The summed E-state index contributed by atoms with van der Waals surface area (Å²) in [6.45, 7) is 2.59. The van der Waals surface area contributed by atoms with Crippen molar-refractivity contribution >= 4 is 49.9 Å². The molecule has 7 heteroatoms. The van der Waals surface area contributed by atoms with Crippen LogP contribution in [0.1, 0.15) is 19.3 Å². The van der Waals surface area contributed by atoms with E-state index in [4.69, 9.17) is 0 Å². The standard InChI is InChI=1S/C22H22N4O2S/c27-20-13-15(21(28)24-22-23-18-5-1-2-6-19(18)29-22)14-26(20)17-9-7-16(8-10-17)25-11-3-4-12-25/h1-2,5-10,15H,3-4,11-14H2,(H,23,24,28). The lowest BCUT2D eigenvalue weighted by Gasteiger charge is -2.20. The molecule has 3 heterocycles. The van der Waals surface area contributed by atoms with Crippen molar-refractivity contribution in [2.45, 2.75) is 19.3 Å². The Kier molecular flexibility index (Phi) is 4.67. The van der Waals surface area contributed by atoms with Gasteiger partial charge in [0, 0.05) is 37.4 Å². The highest BCUT2D eigenvalue weighted by atomic mass is 32.1. The molecule has 3 aromatic rings.